The van der Waals surface area contributed by atoms with Gasteiger partial charge in [-0.25, -0.2) is 0 Å². The fourth-order valence-electron chi connectivity index (χ4n) is 7.24. The van der Waals surface area contributed by atoms with Crippen molar-refractivity contribution >= 4 is 11.8 Å². The maximum absolute atomic E-state index is 13.8. The summed E-state index contributed by atoms with van der Waals surface area (Å²) in [4.78, 5) is 31.0. The van der Waals surface area contributed by atoms with Gasteiger partial charge in [0, 0.05) is 37.2 Å². The molecule has 0 spiro atoms. The summed E-state index contributed by atoms with van der Waals surface area (Å²) in [5.74, 6) is -0.0606. The summed E-state index contributed by atoms with van der Waals surface area (Å²) in [5, 5.41) is 0. The van der Waals surface area contributed by atoms with Gasteiger partial charge in [0.15, 0.2) is 11.5 Å². The summed E-state index contributed by atoms with van der Waals surface area (Å²) in [6.07, 6.45) is -3.43. The van der Waals surface area contributed by atoms with Crippen molar-refractivity contribution < 1.29 is 37.0 Å². The molecular weight excluding hydrogens is 599 g/mol. The van der Waals surface area contributed by atoms with Crippen molar-refractivity contribution in [3.05, 3.63) is 89.0 Å². The topological polar surface area (TPSA) is 94.3 Å². The first-order valence-corrected chi connectivity index (χ1v) is 15.3. The van der Waals surface area contributed by atoms with Gasteiger partial charge < -0.3 is 24.8 Å². The predicted octanol–water partition coefficient (Wildman–Crippen LogP) is 5.49. The highest BCUT2D eigenvalue weighted by atomic mass is 19.4. The van der Waals surface area contributed by atoms with Gasteiger partial charge in [-0.05, 0) is 61.6 Å². The van der Waals surface area contributed by atoms with Gasteiger partial charge in [0.25, 0.3) is 5.91 Å². The number of ether oxygens (including phenoxy) is 3. The van der Waals surface area contributed by atoms with E-state index in [0.29, 0.717) is 66.5 Å². The molecule has 5 rings (SSSR count). The van der Waals surface area contributed by atoms with Crippen LogP contribution in [0.5, 0.6) is 17.2 Å². The van der Waals surface area contributed by atoms with Crippen LogP contribution in [0.3, 0.4) is 0 Å². The number of alkyl halides is 3. The highest BCUT2D eigenvalue weighted by molar-refractivity contribution is 5.96. The van der Waals surface area contributed by atoms with Crippen LogP contribution in [-0.4, -0.2) is 75.2 Å². The molecule has 4 unspecified atom stereocenters. The Morgan fingerprint density at radius 1 is 0.913 bits per heavy atom. The van der Waals surface area contributed by atoms with E-state index in [4.69, 9.17) is 19.9 Å². The van der Waals surface area contributed by atoms with Crippen LogP contribution in [0.15, 0.2) is 66.7 Å². The second-order valence-corrected chi connectivity index (χ2v) is 12.1. The summed E-state index contributed by atoms with van der Waals surface area (Å²) in [6.45, 7) is 3.98. The Labute approximate surface area is 267 Å². The van der Waals surface area contributed by atoms with E-state index >= 15 is 0 Å². The first-order chi connectivity index (χ1) is 21.9. The zero-order valence-electron chi connectivity index (χ0n) is 26.5. The minimum Gasteiger partial charge on any atom is -0.493 e. The van der Waals surface area contributed by atoms with Gasteiger partial charge in [-0.2, -0.15) is 13.2 Å². The molecule has 11 heteroatoms. The monoisotopic (exact) mass is 639 g/mol. The Kier molecular flexibility index (Phi) is 9.53. The highest BCUT2D eigenvalue weighted by Gasteiger charge is 2.51. The average molecular weight is 640 g/mol. The lowest BCUT2D eigenvalue weighted by molar-refractivity contribution is -0.137. The summed E-state index contributed by atoms with van der Waals surface area (Å²) in [6, 6.07) is 17.6. The number of nitrogens with two attached hydrogens (primary N) is 1. The SMILES string of the molecule is COc1cc(C(=O)N2CCC(C(C)N3CCC(C(N)=O)(c4ccccc4)C(c4cccc(C(F)(F)F)c4)C3)C2)cc(OC)c1OC. The maximum Gasteiger partial charge on any atom is 0.416 e. The van der Waals surface area contributed by atoms with E-state index in [1.165, 1.54) is 27.4 Å². The number of hydrogen-bond acceptors (Lipinski definition) is 6. The molecule has 2 amide bonds. The quantitative estimate of drug-likeness (QED) is 0.333. The van der Waals surface area contributed by atoms with Crippen molar-refractivity contribution in [2.45, 2.75) is 43.3 Å². The number of rotatable bonds is 9. The van der Waals surface area contributed by atoms with Crippen LogP contribution in [0.25, 0.3) is 0 Å². The Bertz CT molecular complexity index is 1540. The molecule has 2 saturated heterocycles. The molecule has 8 nitrogen and oxygen atoms in total. The number of halogens is 3. The molecule has 46 heavy (non-hydrogen) atoms. The number of carbonyl (C=O) groups is 2. The molecule has 2 aliphatic rings. The van der Waals surface area contributed by atoms with E-state index in [0.717, 1.165) is 18.6 Å². The largest absolute Gasteiger partial charge is 0.493 e. The lowest BCUT2D eigenvalue weighted by atomic mass is 9.62. The van der Waals surface area contributed by atoms with Crippen molar-refractivity contribution in [1.29, 1.82) is 0 Å². The zero-order chi connectivity index (χ0) is 33.2. The van der Waals surface area contributed by atoms with E-state index in [2.05, 4.69) is 11.8 Å². The van der Waals surface area contributed by atoms with Gasteiger partial charge in [-0.3, -0.25) is 14.5 Å². The molecule has 2 N–H and O–H groups in total. The molecule has 2 fully saturated rings. The molecule has 3 aromatic rings. The number of nitrogens with zero attached hydrogens (tertiary/aromatic N) is 2. The second kappa shape index (κ2) is 13.2. The third-order valence-electron chi connectivity index (χ3n) is 9.83. The van der Waals surface area contributed by atoms with Crippen LogP contribution >= 0.6 is 0 Å². The van der Waals surface area contributed by atoms with Gasteiger partial charge in [0.1, 0.15) is 0 Å². The van der Waals surface area contributed by atoms with E-state index in [1.54, 1.807) is 23.1 Å². The van der Waals surface area contributed by atoms with E-state index in [9.17, 15) is 22.8 Å². The smallest absolute Gasteiger partial charge is 0.416 e. The first kappa shape index (κ1) is 33.1. The number of piperidine rings is 1. The molecule has 246 valence electrons. The summed E-state index contributed by atoms with van der Waals surface area (Å²) >= 11 is 0. The normalized spacial score (nSPS) is 22.7. The highest BCUT2D eigenvalue weighted by Crippen LogP contribution is 2.47. The summed E-state index contributed by atoms with van der Waals surface area (Å²) in [7, 11) is 4.49. The lowest BCUT2D eigenvalue weighted by Gasteiger charge is -2.49. The third-order valence-corrected chi connectivity index (χ3v) is 9.83. The summed E-state index contributed by atoms with van der Waals surface area (Å²) < 4.78 is 57.7. The molecule has 2 heterocycles. The number of methoxy groups -OCH3 is 3. The molecule has 4 atom stereocenters. The number of benzene rings is 3. The molecule has 3 aromatic carbocycles. The van der Waals surface area contributed by atoms with Crippen molar-refractivity contribution in [2.75, 3.05) is 47.5 Å². The Morgan fingerprint density at radius 2 is 1.59 bits per heavy atom. The van der Waals surface area contributed by atoms with Crippen LogP contribution in [-0.2, 0) is 16.4 Å². The molecule has 0 aliphatic carbocycles. The molecule has 0 radical (unpaired) electrons. The molecular formula is C35H40F3N3O5. The van der Waals surface area contributed by atoms with E-state index < -0.39 is 29.0 Å². The second-order valence-electron chi connectivity index (χ2n) is 12.1. The van der Waals surface area contributed by atoms with Crippen LogP contribution in [0.4, 0.5) is 13.2 Å². The van der Waals surface area contributed by atoms with Gasteiger partial charge >= 0.3 is 6.18 Å². The predicted molar refractivity (Wildman–Crippen MR) is 167 cm³/mol. The lowest BCUT2D eigenvalue weighted by Crippen LogP contribution is -2.57. The van der Waals surface area contributed by atoms with Gasteiger partial charge in [-0.15, -0.1) is 0 Å². The van der Waals surface area contributed by atoms with Crippen LogP contribution in [0.1, 0.15) is 52.7 Å². The van der Waals surface area contributed by atoms with Crippen LogP contribution in [0.2, 0.25) is 0 Å². The Balaban J connectivity index is 1.41. The molecule has 0 saturated carbocycles. The van der Waals surface area contributed by atoms with E-state index in [-0.39, 0.29) is 17.9 Å². The molecule has 2 aliphatic heterocycles. The minimum atomic E-state index is -4.53. The number of carbonyl (C=O) groups excluding carboxylic acids is 2. The van der Waals surface area contributed by atoms with E-state index in [1.807, 2.05) is 30.3 Å². The van der Waals surface area contributed by atoms with Gasteiger partial charge in [0.2, 0.25) is 11.7 Å². The molecule has 0 aromatic heterocycles. The zero-order valence-corrected chi connectivity index (χ0v) is 26.5. The first-order valence-electron chi connectivity index (χ1n) is 15.3. The molecule has 0 bridgehead atoms. The fourth-order valence-corrected chi connectivity index (χ4v) is 7.24. The number of primary amides is 1. The maximum atomic E-state index is 13.8. The Morgan fingerprint density at radius 3 is 2.17 bits per heavy atom. The van der Waals surface area contributed by atoms with Crippen molar-refractivity contribution in [2.24, 2.45) is 11.7 Å². The van der Waals surface area contributed by atoms with Crippen LogP contribution in [0, 0.1) is 5.92 Å². The Hall–Kier alpha value is -4.25. The average Bonchev–Trinajstić information content (AvgIpc) is 3.57. The van der Waals surface area contributed by atoms with Crippen molar-refractivity contribution in [1.82, 2.24) is 9.80 Å². The van der Waals surface area contributed by atoms with Crippen LogP contribution < -0.4 is 19.9 Å². The van der Waals surface area contributed by atoms with Crippen molar-refractivity contribution in [3.8, 4) is 17.2 Å². The fraction of sp³-hybridized carbons (Fsp3) is 0.429. The number of likely N-dealkylation sites (tertiary alicyclic amines) is 2. The van der Waals surface area contributed by atoms with Crippen molar-refractivity contribution in [3.63, 3.8) is 0 Å². The minimum absolute atomic E-state index is 0.0207. The third kappa shape index (κ3) is 6.12. The van der Waals surface area contributed by atoms with Gasteiger partial charge in [-0.1, -0.05) is 48.5 Å². The number of hydrogen-bond donors (Lipinski definition) is 1. The van der Waals surface area contributed by atoms with Gasteiger partial charge in [0.05, 0.1) is 32.3 Å². The standard InChI is InChI=1S/C35H40F3N3O5/c1-22(24-13-15-41(20-24)32(42)25-18-29(44-2)31(46-4)30(19-25)45-3)40-16-14-34(33(39)43,26-10-6-5-7-11-26)28(21-40)23-9-8-12-27(17-23)35(36,37)38/h5-12,17-19,22,24,28H,13-16,20-21H2,1-4H3,(H2,39,43). The number of amides is 2. The summed E-state index contributed by atoms with van der Waals surface area (Å²) in [5.41, 5.74) is 5.72.